The highest BCUT2D eigenvalue weighted by molar-refractivity contribution is 5.78. The van der Waals surface area contributed by atoms with Gasteiger partial charge in [-0.1, -0.05) is 6.92 Å². The van der Waals surface area contributed by atoms with Gasteiger partial charge in [0.05, 0.1) is 24.6 Å². The molecular formula is C19H33N5O. The van der Waals surface area contributed by atoms with Gasteiger partial charge in [-0.2, -0.15) is 0 Å². The molecule has 0 aliphatic carbocycles. The molecule has 0 spiro atoms. The average molecular weight is 348 g/mol. The smallest absolute Gasteiger partial charge is 0.234 e. The Bertz CT molecular complexity index is 564. The summed E-state index contributed by atoms with van der Waals surface area (Å²) < 4.78 is 2.11. The van der Waals surface area contributed by atoms with E-state index < -0.39 is 0 Å². The van der Waals surface area contributed by atoms with Crippen LogP contribution in [0.4, 0.5) is 0 Å². The van der Waals surface area contributed by atoms with E-state index in [0.29, 0.717) is 18.5 Å². The van der Waals surface area contributed by atoms with Crippen LogP contribution in [0.1, 0.15) is 44.3 Å². The molecule has 2 fully saturated rings. The molecule has 2 aliphatic heterocycles. The van der Waals surface area contributed by atoms with E-state index >= 15 is 0 Å². The SMILES string of the molecule is CC1CCN(CC(=O)NC[C@@H]2CCCN(C)[C@H]2c2cncn2C)CC1. The summed E-state index contributed by atoms with van der Waals surface area (Å²) in [5, 5.41) is 3.21. The number of nitrogens with zero attached hydrogens (tertiary/aromatic N) is 4. The number of amides is 1. The summed E-state index contributed by atoms with van der Waals surface area (Å²) in [5.41, 5.74) is 1.24. The summed E-state index contributed by atoms with van der Waals surface area (Å²) >= 11 is 0. The van der Waals surface area contributed by atoms with Crippen molar-refractivity contribution < 1.29 is 4.79 Å². The fourth-order valence-electron chi connectivity index (χ4n) is 4.32. The number of hydrogen-bond acceptors (Lipinski definition) is 4. The van der Waals surface area contributed by atoms with Crippen molar-refractivity contribution >= 4 is 5.91 Å². The van der Waals surface area contributed by atoms with Gasteiger partial charge in [0.15, 0.2) is 0 Å². The second kappa shape index (κ2) is 8.32. The van der Waals surface area contributed by atoms with Crippen molar-refractivity contribution in [2.24, 2.45) is 18.9 Å². The van der Waals surface area contributed by atoms with Crippen LogP contribution in [0.5, 0.6) is 0 Å². The van der Waals surface area contributed by atoms with E-state index in [9.17, 15) is 4.79 Å². The Morgan fingerprint density at radius 3 is 2.68 bits per heavy atom. The standard InChI is InChI=1S/C19H33N5O/c1-15-6-9-24(10-7-15)13-18(25)21-11-16-5-4-8-22(2)19(16)17-12-20-14-23(17)3/h12,14-16,19H,4-11,13H2,1-3H3,(H,21,25)/t16-,19+/m0/s1. The van der Waals surface area contributed by atoms with Gasteiger partial charge in [0.1, 0.15) is 0 Å². The fraction of sp³-hybridized carbons (Fsp3) is 0.789. The molecular weight excluding hydrogens is 314 g/mol. The summed E-state index contributed by atoms with van der Waals surface area (Å²) in [6.07, 6.45) is 8.60. The normalized spacial score (nSPS) is 26.7. The van der Waals surface area contributed by atoms with Crippen LogP contribution in [0.15, 0.2) is 12.5 Å². The zero-order valence-corrected chi connectivity index (χ0v) is 15.9. The van der Waals surface area contributed by atoms with Crippen LogP contribution in [-0.2, 0) is 11.8 Å². The number of likely N-dealkylation sites (tertiary alicyclic amines) is 2. The van der Waals surface area contributed by atoms with E-state index in [1.807, 2.05) is 12.5 Å². The Labute approximate surface area is 151 Å². The summed E-state index contributed by atoms with van der Waals surface area (Å²) in [5.74, 6) is 1.42. The monoisotopic (exact) mass is 347 g/mol. The van der Waals surface area contributed by atoms with Crippen molar-refractivity contribution in [2.45, 2.75) is 38.6 Å². The molecule has 140 valence electrons. The van der Waals surface area contributed by atoms with Crippen molar-refractivity contribution in [3.8, 4) is 0 Å². The lowest BCUT2D eigenvalue weighted by Crippen LogP contribution is -2.45. The van der Waals surface area contributed by atoms with Crippen LogP contribution < -0.4 is 5.32 Å². The summed E-state index contributed by atoms with van der Waals surface area (Å²) in [4.78, 5) is 21.4. The molecule has 2 saturated heterocycles. The van der Waals surface area contributed by atoms with Crippen molar-refractivity contribution in [1.29, 1.82) is 0 Å². The lowest BCUT2D eigenvalue weighted by atomic mass is 9.87. The van der Waals surface area contributed by atoms with E-state index in [2.05, 4.69) is 45.7 Å². The number of nitrogens with one attached hydrogen (secondary N) is 1. The molecule has 1 aromatic heterocycles. The van der Waals surface area contributed by atoms with E-state index in [1.54, 1.807) is 0 Å². The minimum absolute atomic E-state index is 0.173. The van der Waals surface area contributed by atoms with Gasteiger partial charge in [-0.3, -0.25) is 14.6 Å². The Morgan fingerprint density at radius 2 is 2.00 bits per heavy atom. The maximum absolute atomic E-state index is 12.4. The van der Waals surface area contributed by atoms with Gasteiger partial charge in [-0.15, -0.1) is 0 Å². The molecule has 3 heterocycles. The van der Waals surface area contributed by atoms with Crippen molar-refractivity contribution in [3.63, 3.8) is 0 Å². The molecule has 6 heteroatoms. The third-order valence-corrected chi connectivity index (χ3v) is 5.97. The minimum atomic E-state index is 0.173. The third-order valence-electron chi connectivity index (χ3n) is 5.97. The highest BCUT2D eigenvalue weighted by atomic mass is 16.2. The quantitative estimate of drug-likeness (QED) is 0.880. The van der Waals surface area contributed by atoms with E-state index in [1.165, 1.54) is 25.0 Å². The number of carbonyl (C=O) groups is 1. The van der Waals surface area contributed by atoms with Gasteiger partial charge in [0.2, 0.25) is 5.91 Å². The molecule has 2 atom stereocenters. The molecule has 0 bridgehead atoms. The highest BCUT2D eigenvalue weighted by Crippen LogP contribution is 2.34. The first-order valence-corrected chi connectivity index (χ1v) is 9.70. The van der Waals surface area contributed by atoms with Crippen LogP contribution in [0.25, 0.3) is 0 Å². The molecule has 0 radical (unpaired) electrons. The largest absolute Gasteiger partial charge is 0.355 e. The second-order valence-corrected chi connectivity index (χ2v) is 8.02. The van der Waals surface area contributed by atoms with E-state index in [4.69, 9.17) is 0 Å². The van der Waals surface area contributed by atoms with Crippen LogP contribution in [0, 0.1) is 11.8 Å². The average Bonchev–Trinajstić information content (AvgIpc) is 3.01. The lowest BCUT2D eigenvalue weighted by Gasteiger charge is -2.39. The Kier molecular flexibility index (Phi) is 6.12. The van der Waals surface area contributed by atoms with Crippen LogP contribution in [0.3, 0.4) is 0 Å². The minimum Gasteiger partial charge on any atom is -0.355 e. The number of imidazole rings is 1. The number of rotatable bonds is 5. The maximum atomic E-state index is 12.4. The predicted molar refractivity (Wildman–Crippen MR) is 99.2 cm³/mol. The van der Waals surface area contributed by atoms with Gasteiger partial charge in [0.25, 0.3) is 0 Å². The number of carbonyl (C=O) groups excluding carboxylic acids is 1. The molecule has 3 rings (SSSR count). The molecule has 1 N–H and O–H groups in total. The van der Waals surface area contributed by atoms with E-state index in [0.717, 1.165) is 38.5 Å². The number of aryl methyl sites for hydroxylation is 1. The van der Waals surface area contributed by atoms with Gasteiger partial charge < -0.3 is 9.88 Å². The van der Waals surface area contributed by atoms with E-state index in [-0.39, 0.29) is 5.91 Å². The van der Waals surface area contributed by atoms with Gasteiger partial charge in [0, 0.05) is 19.8 Å². The van der Waals surface area contributed by atoms with Crippen LogP contribution in [0.2, 0.25) is 0 Å². The molecule has 25 heavy (non-hydrogen) atoms. The summed E-state index contributed by atoms with van der Waals surface area (Å²) in [7, 11) is 4.23. The van der Waals surface area contributed by atoms with Crippen LogP contribution >= 0.6 is 0 Å². The van der Waals surface area contributed by atoms with Gasteiger partial charge in [-0.25, -0.2) is 4.98 Å². The number of aromatic nitrogens is 2. The second-order valence-electron chi connectivity index (χ2n) is 8.02. The van der Waals surface area contributed by atoms with Crippen molar-refractivity contribution in [3.05, 3.63) is 18.2 Å². The summed E-state index contributed by atoms with van der Waals surface area (Å²) in [6.45, 7) is 6.81. The van der Waals surface area contributed by atoms with Gasteiger partial charge >= 0.3 is 0 Å². The zero-order chi connectivity index (χ0) is 17.8. The molecule has 6 nitrogen and oxygen atoms in total. The lowest BCUT2D eigenvalue weighted by molar-refractivity contribution is -0.123. The Morgan fingerprint density at radius 1 is 1.24 bits per heavy atom. The van der Waals surface area contributed by atoms with Gasteiger partial charge in [-0.05, 0) is 64.2 Å². The van der Waals surface area contributed by atoms with Crippen LogP contribution in [-0.4, -0.2) is 65.0 Å². The molecule has 0 saturated carbocycles. The molecule has 2 aliphatic rings. The predicted octanol–water partition coefficient (Wildman–Crippen LogP) is 1.65. The first-order chi connectivity index (χ1) is 12.0. The Balaban J connectivity index is 1.53. The number of piperidine rings is 2. The fourth-order valence-corrected chi connectivity index (χ4v) is 4.32. The molecule has 0 aromatic carbocycles. The zero-order valence-electron chi connectivity index (χ0n) is 15.9. The summed E-state index contributed by atoms with van der Waals surface area (Å²) in [6, 6.07) is 0.331. The first-order valence-electron chi connectivity index (χ1n) is 9.70. The van der Waals surface area contributed by atoms with Crippen molar-refractivity contribution in [2.75, 3.05) is 39.8 Å². The molecule has 0 unspecified atom stereocenters. The number of hydrogen-bond donors (Lipinski definition) is 1. The Hall–Kier alpha value is -1.40. The first kappa shape index (κ1) is 18.4. The molecule has 1 aromatic rings. The molecule has 1 amide bonds. The van der Waals surface area contributed by atoms with Crippen molar-refractivity contribution in [1.82, 2.24) is 24.7 Å². The third kappa shape index (κ3) is 4.61. The topological polar surface area (TPSA) is 53.4 Å². The highest BCUT2D eigenvalue weighted by Gasteiger charge is 2.32. The maximum Gasteiger partial charge on any atom is 0.234 e.